The van der Waals surface area contributed by atoms with Gasteiger partial charge >= 0.3 is 0 Å². The Bertz CT molecular complexity index is 412. The third-order valence-corrected chi connectivity index (χ3v) is 4.02. The molecule has 1 fully saturated rings. The highest BCUT2D eigenvalue weighted by Gasteiger charge is 2.45. The van der Waals surface area contributed by atoms with E-state index in [1.807, 2.05) is 0 Å². The van der Waals surface area contributed by atoms with E-state index in [2.05, 4.69) is 15.8 Å². The van der Waals surface area contributed by atoms with Crippen LogP contribution in [0.2, 0.25) is 0 Å². The Hall–Kier alpha value is -1.79. The van der Waals surface area contributed by atoms with Crippen LogP contribution in [-0.2, 0) is 9.59 Å². The van der Waals surface area contributed by atoms with Gasteiger partial charge in [0.1, 0.15) is 5.41 Å². The average molecular weight is 284 g/mol. The molecule has 0 spiro atoms. The lowest BCUT2D eigenvalue weighted by Gasteiger charge is -2.29. The summed E-state index contributed by atoms with van der Waals surface area (Å²) in [6.45, 7) is 3.69. The Morgan fingerprint density at radius 3 is 2.35 bits per heavy atom. The molecule has 114 valence electrons. The zero-order chi connectivity index (χ0) is 15.4. The van der Waals surface area contributed by atoms with Crippen molar-refractivity contribution in [2.24, 2.45) is 21.7 Å². The summed E-state index contributed by atoms with van der Waals surface area (Å²) in [4.78, 5) is 24.1. The van der Waals surface area contributed by atoms with E-state index in [4.69, 9.17) is 10.9 Å². The van der Waals surface area contributed by atoms with Crippen LogP contribution in [0.5, 0.6) is 0 Å². The first-order chi connectivity index (χ1) is 9.30. The van der Waals surface area contributed by atoms with Gasteiger partial charge in [-0.2, -0.15) is 0 Å². The van der Waals surface area contributed by atoms with E-state index in [1.165, 1.54) is 0 Å². The van der Waals surface area contributed by atoms with E-state index >= 15 is 0 Å². The largest absolute Gasteiger partial charge is 0.409 e. The van der Waals surface area contributed by atoms with Crippen LogP contribution < -0.4 is 16.4 Å². The highest BCUT2D eigenvalue weighted by atomic mass is 16.4. The number of hydrogen-bond donors (Lipinski definition) is 4. The van der Waals surface area contributed by atoms with E-state index in [1.54, 1.807) is 20.9 Å². The van der Waals surface area contributed by atoms with Crippen molar-refractivity contribution in [3.63, 3.8) is 0 Å². The zero-order valence-corrected chi connectivity index (χ0v) is 12.3. The molecule has 0 atom stereocenters. The number of nitrogens with one attached hydrogen (secondary N) is 2. The highest BCUT2D eigenvalue weighted by Crippen LogP contribution is 2.38. The average Bonchev–Trinajstić information content (AvgIpc) is 2.93. The lowest BCUT2D eigenvalue weighted by Crippen LogP contribution is -2.52. The number of nitrogens with zero attached hydrogens (tertiary/aromatic N) is 1. The molecule has 20 heavy (non-hydrogen) atoms. The fourth-order valence-electron chi connectivity index (χ4n) is 2.56. The van der Waals surface area contributed by atoms with Crippen molar-refractivity contribution in [3.8, 4) is 0 Å². The van der Waals surface area contributed by atoms with Gasteiger partial charge in [0.15, 0.2) is 5.84 Å². The first-order valence-corrected chi connectivity index (χ1v) is 6.78. The quantitative estimate of drug-likeness (QED) is 0.249. The molecule has 5 N–H and O–H groups in total. The molecule has 0 radical (unpaired) electrons. The van der Waals surface area contributed by atoms with Crippen LogP contribution >= 0.6 is 0 Å². The Labute approximate surface area is 119 Å². The molecule has 0 aliphatic heterocycles. The normalized spacial score (nSPS) is 18.6. The predicted octanol–water partition coefficient (Wildman–Crippen LogP) is 0.182. The second kappa shape index (κ2) is 6.11. The number of carbonyl (C=O) groups excluding carboxylic acids is 2. The standard InChI is InChI=1S/C13H24N4O3/c1-12(2,10(18)15-3)8-16-11(19)13(9(14)17-20)6-4-5-7-13/h20H,4-8H2,1-3H3,(H2,14,17)(H,15,18)(H,16,19). The van der Waals surface area contributed by atoms with Crippen molar-refractivity contribution in [1.82, 2.24) is 10.6 Å². The van der Waals surface area contributed by atoms with E-state index in [0.29, 0.717) is 12.8 Å². The molecule has 2 amide bonds. The van der Waals surface area contributed by atoms with Gasteiger partial charge in [0.2, 0.25) is 11.8 Å². The van der Waals surface area contributed by atoms with Gasteiger partial charge in [0.25, 0.3) is 0 Å². The van der Waals surface area contributed by atoms with Crippen LogP contribution in [0, 0.1) is 10.8 Å². The first kappa shape index (κ1) is 16.3. The fraction of sp³-hybridized carbons (Fsp3) is 0.769. The summed E-state index contributed by atoms with van der Waals surface area (Å²) >= 11 is 0. The first-order valence-electron chi connectivity index (χ1n) is 6.78. The van der Waals surface area contributed by atoms with Crippen LogP contribution in [0.15, 0.2) is 5.16 Å². The number of amidine groups is 1. The molecule has 1 aliphatic rings. The molecule has 0 aromatic carbocycles. The van der Waals surface area contributed by atoms with E-state index in [-0.39, 0.29) is 24.2 Å². The van der Waals surface area contributed by atoms with Crippen molar-refractivity contribution in [3.05, 3.63) is 0 Å². The molecule has 7 heteroatoms. The van der Waals surface area contributed by atoms with E-state index < -0.39 is 10.8 Å². The molecule has 1 aliphatic carbocycles. The zero-order valence-electron chi connectivity index (χ0n) is 12.3. The van der Waals surface area contributed by atoms with Gasteiger partial charge < -0.3 is 21.6 Å². The molecule has 0 unspecified atom stereocenters. The van der Waals surface area contributed by atoms with Gasteiger partial charge in [0.05, 0.1) is 5.41 Å². The number of carbonyl (C=O) groups is 2. The second-order valence-electron chi connectivity index (χ2n) is 5.92. The summed E-state index contributed by atoms with van der Waals surface area (Å²) in [5.41, 5.74) is 4.05. The maximum Gasteiger partial charge on any atom is 0.233 e. The topological polar surface area (TPSA) is 117 Å². The van der Waals surface area contributed by atoms with Crippen molar-refractivity contribution in [1.29, 1.82) is 0 Å². The smallest absolute Gasteiger partial charge is 0.233 e. The molecule has 0 aromatic heterocycles. The molecular formula is C13H24N4O3. The maximum absolute atomic E-state index is 12.4. The Morgan fingerprint density at radius 1 is 1.35 bits per heavy atom. The predicted molar refractivity (Wildman–Crippen MR) is 75.2 cm³/mol. The molecule has 7 nitrogen and oxygen atoms in total. The summed E-state index contributed by atoms with van der Waals surface area (Å²) in [5, 5.41) is 17.2. The number of oxime groups is 1. The minimum Gasteiger partial charge on any atom is -0.409 e. The van der Waals surface area contributed by atoms with Crippen LogP contribution in [0.1, 0.15) is 39.5 Å². The third-order valence-electron chi connectivity index (χ3n) is 4.02. The molecule has 0 heterocycles. The lowest BCUT2D eigenvalue weighted by molar-refractivity contribution is -0.131. The number of nitrogens with two attached hydrogens (primary N) is 1. The minimum absolute atomic E-state index is 0.0507. The Morgan fingerprint density at radius 2 is 1.90 bits per heavy atom. The number of rotatable bonds is 5. The SMILES string of the molecule is CNC(=O)C(C)(C)CNC(=O)C1(C(N)=NO)CCCC1. The monoisotopic (exact) mass is 284 g/mol. The van der Waals surface area contributed by atoms with E-state index in [9.17, 15) is 9.59 Å². The molecular weight excluding hydrogens is 260 g/mol. The molecule has 1 saturated carbocycles. The second-order valence-corrected chi connectivity index (χ2v) is 5.92. The van der Waals surface area contributed by atoms with Gasteiger partial charge in [-0.15, -0.1) is 0 Å². The van der Waals surface area contributed by atoms with Gasteiger partial charge in [-0.3, -0.25) is 9.59 Å². The van der Waals surface area contributed by atoms with Gasteiger partial charge in [-0.25, -0.2) is 0 Å². The van der Waals surface area contributed by atoms with Gasteiger partial charge in [-0.05, 0) is 26.7 Å². The molecule has 0 aromatic rings. The lowest BCUT2D eigenvalue weighted by atomic mass is 9.83. The van der Waals surface area contributed by atoms with Crippen molar-refractivity contribution in [2.45, 2.75) is 39.5 Å². The maximum atomic E-state index is 12.4. The van der Waals surface area contributed by atoms with Gasteiger partial charge in [-0.1, -0.05) is 18.0 Å². The van der Waals surface area contributed by atoms with E-state index in [0.717, 1.165) is 12.8 Å². The number of hydrogen-bond acceptors (Lipinski definition) is 4. The van der Waals surface area contributed by atoms with Crippen LogP contribution in [0.25, 0.3) is 0 Å². The summed E-state index contributed by atoms with van der Waals surface area (Å²) in [5.74, 6) is -0.477. The minimum atomic E-state index is -0.937. The fourth-order valence-corrected chi connectivity index (χ4v) is 2.56. The van der Waals surface area contributed by atoms with Crippen molar-refractivity contribution >= 4 is 17.6 Å². The van der Waals surface area contributed by atoms with Crippen molar-refractivity contribution < 1.29 is 14.8 Å². The van der Waals surface area contributed by atoms with Crippen LogP contribution in [0.4, 0.5) is 0 Å². The Kier molecular flexibility index (Phi) is 4.97. The summed E-state index contributed by atoms with van der Waals surface area (Å²) in [6.07, 6.45) is 2.86. The highest BCUT2D eigenvalue weighted by molar-refractivity contribution is 6.07. The van der Waals surface area contributed by atoms with Crippen LogP contribution in [-0.4, -0.2) is 36.4 Å². The third kappa shape index (κ3) is 3.02. The summed E-state index contributed by atoms with van der Waals surface area (Å²) < 4.78 is 0. The Balaban J connectivity index is 2.77. The van der Waals surface area contributed by atoms with Gasteiger partial charge in [0, 0.05) is 13.6 Å². The summed E-state index contributed by atoms with van der Waals surface area (Å²) in [7, 11) is 1.56. The molecule has 0 saturated heterocycles. The summed E-state index contributed by atoms with van der Waals surface area (Å²) in [6, 6.07) is 0. The van der Waals surface area contributed by atoms with Crippen LogP contribution in [0.3, 0.4) is 0 Å². The molecule has 0 bridgehead atoms. The van der Waals surface area contributed by atoms with Crippen molar-refractivity contribution in [2.75, 3.05) is 13.6 Å². The number of amides is 2. The molecule has 1 rings (SSSR count).